The van der Waals surface area contributed by atoms with Crippen LogP contribution in [0.5, 0.6) is 5.75 Å². The monoisotopic (exact) mass is 464 g/mol. The Morgan fingerprint density at radius 3 is 2.44 bits per heavy atom. The van der Waals surface area contributed by atoms with E-state index in [-0.39, 0.29) is 41.7 Å². The molecule has 174 valence electrons. The van der Waals surface area contributed by atoms with Crippen molar-refractivity contribution < 1.29 is 34.8 Å². The first-order valence-electron chi connectivity index (χ1n) is 10.6. The average Bonchev–Trinajstić information content (AvgIpc) is 2.77. The summed E-state index contributed by atoms with van der Waals surface area (Å²) in [5.41, 5.74) is 3.00. The highest BCUT2D eigenvalue weighted by Gasteiger charge is 2.60. The van der Waals surface area contributed by atoms with Crippen molar-refractivity contribution in [2.75, 3.05) is 0 Å². The summed E-state index contributed by atoms with van der Waals surface area (Å²) in [6.45, 7) is 0. The molecule has 3 atom stereocenters. The third-order valence-electron chi connectivity index (χ3n) is 7.04. The second-order valence-electron chi connectivity index (χ2n) is 8.83. The summed E-state index contributed by atoms with van der Waals surface area (Å²) in [7, 11) is 0. The highest BCUT2D eigenvalue weighted by atomic mass is 16.3. The van der Waals surface area contributed by atoms with Gasteiger partial charge in [0.05, 0.1) is 5.56 Å². The van der Waals surface area contributed by atoms with Crippen molar-refractivity contribution in [3.63, 3.8) is 0 Å². The first-order chi connectivity index (χ1) is 16.1. The van der Waals surface area contributed by atoms with E-state index in [0.717, 1.165) is 0 Å². The molecule has 1 fully saturated rings. The van der Waals surface area contributed by atoms with E-state index in [1.165, 1.54) is 18.3 Å². The number of ketones is 2. The molecule has 0 radical (unpaired) electrons. The third-order valence-corrected chi connectivity index (χ3v) is 7.04. The molecule has 34 heavy (non-hydrogen) atoms. The van der Waals surface area contributed by atoms with Gasteiger partial charge in [-0.3, -0.25) is 19.2 Å². The van der Waals surface area contributed by atoms with Crippen LogP contribution in [0.4, 0.5) is 0 Å². The number of aromatic hydroxyl groups is 1. The maximum atomic E-state index is 13.5. The fourth-order valence-corrected chi connectivity index (χ4v) is 5.47. The number of hydrogen-bond acceptors (Lipinski definition) is 8. The highest BCUT2D eigenvalue weighted by Crippen LogP contribution is 2.52. The van der Waals surface area contributed by atoms with Crippen molar-refractivity contribution >= 4 is 23.2 Å². The Labute approximate surface area is 191 Å². The van der Waals surface area contributed by atoms with Crippen LogP contribution in [0.15, 0.2) is 52.2 Å². The molecule has 3 aliphatic carbocycles. The van der Waals surface area contributed by atoms with Crippen molar-refractivity contribution in [3.8, 4) is 16.9 Å². The number of carbonyl (C=O) groups excluding carboxylic acids is 3. The van der Waals surface area contributed by atoms with Gasteiger partial charge in [0.25, 0.3) is 5.91 Å². The zero-order valence-electron chi connectivity index (χ0n) is 17.7. The number of H-pyrrole nitrogens is 1. The lowest BCUT2D eigenvalue weighted by Crippen LogP contribution is -2.58. The van der Waals surface area contributed by atoms with Crippen molar-refractivity contribution in [2.45, 2.75) is 24.9 Å². The largest absolute Gasteiger partial charge is 0.508 e. The van der Waals surface area contributed by atoms with Gasteiger partial charge in [-0.15, -0.1) is 0 Å². The minimum Gasteiger partial charge on any atom is -0.508 e. The summed E-state index contributed by atoms with van der Waals surface area (Å²) < 4.78 is 0. The Bertz CT molecular complexity index is 1410. The van der Waals surface area contributed by atoms with E-state index in [1.54, 1.807) is 12.1 Å². The number of fused-ring (bicyclic) bond motifs is 3. The number of benzene rings is 1. The molecule has 0 bridgehead atoms. The van der Waals surface area contributed by atoms with Crippen LogP contribution in [0, 0.1) is 11.8 Å². The molecule has 5 rings (SSSR count). The first-order valence-corrected chi connectivity index (χ1v) is 10.6. The number of amides is 1. The molecule has 10 nitrogen and oxygen atoms in total. The molecule has 1 amide bonds. The van der Waals surface area contributed by atoms with Gasteiger partial charge in [-0.2, -0.15) is 0 Å². The number of hydrogen-bond donors (Lipinski definition) is 6. The van der Waals surface area contributed by atoms with Crippen LogP contribution in [0.25, 0.3) is 16.9 Å². The minimum absolute atomic E-state index is 0.00386. The number of pyridine rings is 1. The number of rotatable bonds is 2. The lowest BCUT2D eigenvalue weighted by Gasteiger charge is -2.46. The lowest BCUT2D eigenvalue weighted by atomic mass is 9.59. The van der Waals surface area contributed by atoms with Gasteiger partial charge in [-0.1, -0.05) is 6.07 Å². The summed E-state index contributed by atoms with van der Waals surface area (Å²) in [6, 6.07) is 5.88. The van der Waals surface area contributed by atoms with Crippen molar-refractivity contribution in [3.05, 3.63) is 68.8 Å². The van der Waals surface area contributed by atoms with Crippen LogP contribution in [-0.2, 0) is 20.8 Å². The number of aliphatic hydroxyl groups excluding tert-OH is 2. The number of aromatic amines is 1. The van der Waals surface area contributed by atoms with Crippen LogP contribution >= 0.6 is 0 Å². The summed E-state index contributed by atoms with van der Waals surface area (Å²) in [5.74, 6) is -6.72. The van der Waals surface area contributed by atoms with Crippen LogP contribution in [-0.4, -0.2) is 48.5 Å². The second kappa shape index (κ2) is 7.16. The van der Waals surface area contributed by atoms with Gasteiger partial charge in [-0.25, -0.2) is 0 Å². The van der Waals surface area contributed by atoms with Crippen LogP contribution in [0.2, 0.25) is 0 Å². The van der Waals surface area contributed by atoms with Gasteiger partial charge in [0, 0.05) is 30.2 Å². The zero-order valence-corrected chi connectivity index (χ0v) is 17.7. The maximum absolute atomic E-state index is 13.5. The van der Waals surface area contributed by atoms with E-state index in [2.05, 4.69) is 4.98 Å². The van der Waals surface area contributed by atoms with Gasteiger partial charge in [0.15, 0.2) is 11.4 Å². The zero-order chi connectivity index (χ0) is 24.5. The second-order valence-corrected chi connectivity index (χ2v) is 8.83. The standard InChI is InChI=1S/C24H20N2O8/c25-23(33)19-15(28)7-11-5-10-6-13-12(9-1-4-16(29)26-8-9)2-3-14(27)18(13)20(30)17(10)21(31)24(11,34)22(19)32/h1-4,8,10-11,27,30,32,34H,5-7H2,(H2,25,33)(H,26,29)/t10-,11+,24+/m1/s1. The molecule has 7 N–H and O–H groups in total. The average molecular weight is 464 g/mol. The number of primary amides is 1. The molecule has 10 heteroatoms. The Hall–Kier alpha value is -4.18. The molecular weight excluding hydrogens is 444 g/mol. The Morgan fingerprint density at radius 2 is 1.79 bits per heavy atom. The van der Waals surface area contributed by atoms with E-state index in [0.29, 0.717) is 16.7 Å². The number of phenols is 1. The number of phenolic OH excluding ortho intramolecular Hbond substituents is 1. The molecule has 1 saturated carbocycles. The summed E-state index contributed by atoms with van der Waals surface area (Å²) in [6.07, 6.45) is 1.33. The minimum atomic E-state index is -2.60. The number of nitrogens with two attached hydrogens (primary N) is 1. The predicted octanol–water partition coefficient (Wildman–Crippen LogP) is 0.779. The first kappa shape index (κ1) is 21.7. The van der Waals surface area contributed by atoms with E-state index in [4.69, 9.17) is 5.73 Å². The SMILES string of the molecule is NC(=O)C1=C(O)[C@@]2(O)C(=O)C3=C(O)c4c(O)ccc(-c5ccc(=O)[nH]c5)c4C[C@H]3C[C@H]2CC1=O. The van der Waals surface area contributed by atoms with Crippen molar-refractivity contribution in [2.24, 2.45) is 17.6 Å². The smallest absolute Gasteiger partial charge is 0.255 e. The Balaban J connectivity index is 1.71. The number of Topliss-reactive ketones (excluding diaryl/α,β-unsaturated/α-hetero) is 2. The molecule has 0 saturated heterocycles. The van der Waals surface area contributed by atoms with Crippen molar-refractivity contribution in [1.29, 1.82) is 0 Å². The number of aliphatic hydroxyl groups is 3. The number of carbonyl (C=O) groups is 3. The molecule has 0 spiro atoms. The topological polar surface area (TPSA) is 191 Å². The predicted molar refractivity (Wildman–Crippen MR) is 117 cm³/mol. The molecule has 0 aliphatic heterocycles. The van der Waals surface area contributed by atoms with Gasteiger partial charge in [-0.05, 0) is 47.6 Å². The van der Waals surface area contributed by atoms with E-state index in [1.807, 2.05) is 0 Å². The Kier molecular flexibility index (Phi) is 4.56. The number of aromatic nitrogens is 1. The number of nitrogens with one attached hydrogen (secondary N) is 1. The molecule has 0 unspecified atom stereocenters. The molecule has 1 heterocycles. The Morgan fingerprint density at radius 1 is 1.06 bits per heavy atom. The van der Waals surface area contributed by atoms with Gasteiger partial charge < -0.3 is 31.1 Å². The molecule has 2 aromatic rings. The summed E-state index contributed by atoms with van der Waals surface area (Å²) >= 11 is 0. The molecule has 1 aromatic heterocycles. The van der Waals surface area contributed by atoms with E-state index >= 15 is 0 Å². The van der Waals surface area contributed by atoms with Gasteiger partial charge in [0.2, 0.25) is 11.3 Å². The van der Waals surface area contributed by atoms with E-state index < -0.39 is 52.0 Å². The van der Waals surface area contributed by atoms with Crippen LogP contribution in [0.3, 0.4) is 0 Å². The van der Waals surface area contributed by atoms with Gasteiger partial charge in [0.1, 0.15) is 22.8 Å². The molecule has 3 aliphatic rings. The van der Waals surface area contributed by atoms with Crippen LogP contribution in [0.1, 0.15) is 24.0 Å². The normalized spacial score (nSPS) is 26.1. The molecular formula is C24H20N2O8. The summed E-state index contributed by atoms with van der Waals surface area (Å²) in [5, 5.41) is 43.5. The van der Waals surface area contributed by atoms with E-state index in [9.17, 15) is 39.6 Å². The highest BCUT2D eigenvalue weighted by molar-refractivity contribution is 6.22. The van der Waals surface area contributed by atoms with Crippen LogP contribution < -0.4 is 11.3 Å². The molecule has 1 aromatic carbocycles. The third kappa shape index (κ3) is 2.78. The quantitative estimate of drug-likeness (QED) is 0.351. The fourth-order valence-electron chi connectivity index (χ4n) is 5.47. The fraction of sp³-hybridized carbons (Fsp3) is 0.250. The maximum Gasteiger partial charge on any atom is 0.255 e. The lowest BCUT2D eigenvalue weighted by molar-refractivity contribution is -0.147. The summed E-state index contributed by atoms with van der Waals surface area (Å²) in [4.78, 5) is 51.6. The van der Waals surface area contributed by atoms with Crippen molar-refractivity contribution in [1.82, 2.24) is 4.98 Å². The van der Waals surface area contributed by atoms with Gasteiger partial charge >= 0.3 is 0 Å².